The van der Waals surface area contributed by atoms with E-state index in [1.165, 1.54) is 42.4 Å². The van der Waals surface area contributed by atoms with Gasteiger partial charge in [-0.05, 0) is 75.2 Å². The molecular formula is C28H33NO3. The topological polar surface area (TPSA) is 41.9 Å². The number of phenols is 1. The fourth-order valence-electron chi connectivity index (χ4n) is 8.19. The number of piperidine rings is 1. The zero-order valence-electron chi connectivity index (χ0n) is 18.9. The number of aromatic hydroxyl groups is 1. The van der Waals surface area contributed by atoms with Crippen LogP contribution in [0.5, 0.6) is 11.5 Å². The van der Waals surface area contributed by atoms with E-state index in [4.69, 9.17) is 9.47 Å². The zero-order valence-corrected chi connectivity index (χ0v) is 18.9. The summed E-state index contributed by atoms with van der Waals surface area (Å²) in [6.07, 6.45) is 8.51. The number of benzene rings is 2. The van der Waals surface area contributed by atoms with Crippen LogP contribution < -0.4 is 4.74 Å². The Morgan fingerprint density at radius 1 is 1.09 bits per heavy atom. The molecule has 3 fully saturated rings. The van der Waals surface area contributed by atoms with Gasteiger partial charge < -0.3 is 19.5 Å². The summed E-state index contributed by atoms with van der Waals surface area (Å²) in [7, 11) is 2.31. The van der Waals surface area contributed by atoms with Crippen LogP contribution in [-0.4, -0.2) is 48.5 Å². The number of rotatable bonds is 5. The highest BCUT2D eigenvalue weighted by Gasteiger charge is 2.72. The van der Waals surface area contributed by atoms with Crippen molar-refractivity contribution in [1.29, 1.82) is 0 Å². The van der Waals surface area contributed by atoms with Gasteiger partial charge >= 0.3 is 0 Å². The van der Waals surface area contributed by atoms with Crippen molar-refractivity contribution in [3.05, 3.63) is 59.2 Å². The van der Waals surface area contributed by atoms with Gasteiger partial charge in [0.2, 0.25) is 0 Å². The lowest BCUT2D eigenvalue weighted by atomic mass is 9.45. The van der Waals surface area contributed by atoms with E-state index in [9.17, 15) is 5.11 Å². The normalized spacial score (nSPS) is 38.4. The molecule has 4 nitrogen and oxygen atoms in total. The first-order valence-corrected chi connectivity index (χ1v) is 12.5. The Bertz CT molecular complexity index is 1050. The van der Waals surface area contributed by atoms with Crippen molar-refractivity contribution in [2.45, 2.75) is 68.6 Å². The summed E-state index contributed by atoms with van der Waals surface area (Å²) in [6, 6.07) is 15.4. The zero-order chi connectivity index (χ0) is 21.5. The van der Waals surface area contributed by atoms with Crippen LogP contribution in [0.4, 0.5) is 0 Å². The molecule has 0 radical (unpaired) electrons. The Balaban J connectivity index is 1.20. The van der Waals surface area contributed by atoms with E-state index < -0.39 is 0 Å². The second-order valence-electron chi connectivity index (χ2n) is 11.1. The number of unbranched alkanes of at least 4 members (excludes halogenated alkanes) is 1. The lowest BCUT2D eigenvalue weighted by molar-refractivity contribution is -0.279. The molecule has 6 atom stereocenters. The van der Waals surface area contributed by atoms with Gasteiger partial charge in [0.15, 0.2) is 11.5 Å². The van der Waals surface area contributed by atoms with Crippen molar-refractivity contribution in [3.8, 4) is 11.5 Å². The minimum Gasteiger partial charge on any atom is -0.504 e. The van der Waals surface area contributed by atoms with E-state index >= 15 is 0 Å². The first-order chi connectivity index (χ1) is 15.6. The third-order valence-corrected chi connectivity index (χ3v) is 9.73. The van der Waals surface area contributed by atoms with E-state index in [1.54, 1.807) is 0 Å². The van der Waals surface area contributed by atoms with E-state index in [2.05, 4.69) is 48.3 Å². The molecule has 4 heteroatoms. The van der Waals surface area contributed by atoms with Gasteiger partial charge in [0.05, 0.1) is 6.61 Å². The Kier molecular flexibility index (Phi) is 4.09. The molecule has 2 aromatic carbocycles. The van der Waals surface area contributed by atoms with Gasteiger partial charge in [-0.2, -0.15) is 0 Å². The van der Waals surface area contributed by atoms with Crippen LogP contribution >= 0.6 is 0 Å². The first-order valence-electron chi connectivity index (χ1n) is 12.5. The predicted molar refractivity (Wildman–Crippen MR) is 123 cm³/mol. The Morgan fingerprint density at radius 2 is 1.97 bits per heavy atom. The highest BCUT2D eigenvalue weighted by atomic mass is 16.6. The number of hydrogen-bond donors (Lipinski definition) is 1. The van der Waals surface area contributed by atoms with Crippen LogP contribution in [0.15, 0.2) is 42.5 Å². The maximum absolute atomic E-state index is 10.7. The van der Waals surface area contributed by atoms with Crippen molar-refractivity contribution >= 4 is 0 Å². The Morgan fingerprint density at radius 3 is 2.78 bits per heavy atom. The molecule has 4 unspecified atom stereocenters. The first kappa shape index (κ1) is 19.4. The van der Waals surface area contributed by atoms with Gasteiger partial charge in [0, 0.05) is 22.4 Å². The minimum absolute atomic E-state index is 0.0253. The molecule has 1 saturated carbocycles. The number of ether oxygens (including phenoxy) is 2. The number of nitrogens with zero attached hydrogens (tertiary/aromatic N) is 1. The lowest BCUT2D eigenvalue weighted by Crippen LogP contribution is -2.74. The van der Waals surface area contributed by atoms with Crippen LogP contribution in [0, 0.1) is 11.3 Å². The summed E-state index contributed by atoms with van der Waals surface area (Å²) in [5.74, 6) is 1.68. The van der Waals surface area contributed by atoms with Gasteiger partial charge in [-0.15, -0.1) is 0 Å². The fraction of sp³-hybridized carbons (Fsp3) is 0.571. The molecular weight excluding hydrogens is 398 g/mol. The summed E-state index contributed by atoms with van der Waals surface area (Å²) in [4.78, 5) is 2.60. The van der Waals surface area contributed by atoms with Crippen molar-refractivity contribution in [2.75, 3.05) is 20.2 Å². The van der Waals surface area contributed by atoms with Crippen LogP contribution in [0.2, 0.25) is 0 Å². The van der Waals surface area contributed by atoms with Gasteiger partial charge in [-0.3, -0.25) is 0 Å². The predicted octanol–water partition coefficient (Wildman–Crippen LogP) is 4.47. The fourth-order valence-corrected chi connectivity index (χ4v) is 8.19. The molecule has 1 N–H and O–H groups in total. The average molecular weight is 432 g/mol. The lowest BCUT2D eigenvalue weighted by Gasteiger charge is -2.66. The van der Waals surface area contributed by atoms with Crippen LogP contribution in [0.25, 0.3) is 0 Å². The van der Waals surface area contributed by atoms with E-state index in [-0.39, 0.29) is 23.0 Å². The Hall–Kier alpha value is -2.04. The third-order valence-electron chi connectivity index (χ3n) is 9.73. The highest BCUT2D eigenvalue weighted by Crippen LogP contribution is 2.69. The highest BCUT2D eigenvalue weighted by molar-refractivity contribution is 5.61. The Labute approximate surface area is 190 Å². The molecule has 2 aromatic rings. The van der Waals surface area contributed by atoms with E-state index in [0.29, 0.717) is 17.7 Å². The molecule has 0 amide bonds. The molecule has 3 heterocycles. The largest absolute Gasteiger partial charge is 0.504 e. The van der Waals surface area contributed by atoms with Gasteiger partial charge in [-0.1, -0.05) is 42.8 Å². The number of likely N-dealkylation sites (tertiary alicyclic amines) is 1. The summed E-state index contributed by atoms with van der Waals surface area (Å²) in [6.45, 7) is 1.98. The van der Waals surface area contributed by atoms with E-state index in [1.807, 2.05) is 6.07 Å². The maximum Gasteiger partial charge on any atom is 0.165 e. The molecule has 5 aliphatic rings. The molecule has 3 aliphatic heterocycles. The minimum atomic E-state index is 0.0253. The number of aryl methyl sites for hydroxylation is 1. The summed E-state index contributed by atoms with van der Waals surface area (Å²) in [5.41, 5.74) is 4.43. The van der Waals surface area contributed by atoms with Crippen molar-refractivity contribution in [3.63, 3.8) is 0 Å². The molecule has 2 saturated heterocycles. The smallest absolute Gasteiger partial charge is 0.165 e. The second kappa shape index (κ2) is 6.74. The molecule has 32 heavy (non-hydrogen) atoms. The van der Waals surface area contributed by atoms with Crippen molar-refractivity contribution in [2.24, 2.45) is 11.3 Å². The van der Waals surface area contributed by atoms with E-state index in [0.717, 1.165) is 38.2 Å². The standard InChI is InChI=1S/C28H33NO3/c1-29-14-13-28-20-16-27(12-6-5-9-18-7-3-2-4-8-18)17-31-25(27)26(28)32-24-22(30)11-10-19(23(24)28)15-21(20)29/h2-4,7-8,10-11,20-21,25-26,30H,5-6,9,12-17H2,1H3/t20?,21?,25-,26?,27-,28?/m1/s1. The second-order valence-corrected chi connectivity index (χ2v) is 11.1. The molecule has 2 aliphatic carbocycles. The van der Waals surface area contributed by atoms with Crippen molar-refractivity contribution in [1.82, 2.24) is 4.90 Å². The monoisotopic (exact) mass is 431 g/mol. The van der Waals surface area contributed by atoms with Crippen LogP contribution in [-0.2, 0) is 23.0 Å². The summed E-state index contributed by atoms with van der Waals surface area (Å²) < 4.78 is 13.0. The van der Waals surface area contributed by atoms with Crippen molar-refractivity contribution < 1.29 is 14.6 Å². The van der Waals surface area contributed by atoms with Gasteiger partial charge in [0.1, 0.15) is 12.2 Å². The number of likely N-dealkylation sites (N-methyl/N-ethyl adjacent to an activating group) is 1. The maximum atomic E-state index is 10.7. The SMILES string of the molecule is CN1CCC23c4c5ccc(O)c4OC2[C@H]2OC[C@@]2(CCCCc2ccccc2)CC3C1C5. The number of fused-ring (bicyclic) bond motifs is 2. The molecule has 7 rings (SSSR count). The molecule has 168 valence electrons. The van der Waals surface area contributed by atoms with Crippen LogP contribution in [0.1, 0.15) is 48.8 Å². The molecule has 1 spiro atoms. The molecule has 2 bridgehead atoms. The summed E-state index contributed by atoms with van der Waals surface area (Å²) in [5, 5.41) is 10.7. The quantitative estimate of drug-likeness (QED) is 0.710. The van der Waals surface area contributed by atoms with Gasteiger partial charge in [-0.25, -0.2) is 0 Å². The molecule has 0 aromatic heterocycles. The summed E-state index contributed by atoms with van der Waals surface area (Å²) >= 11 is 0. The van der Waals surface area contributed by atoms with Crippen LogP contribution in [0.3, 0.4) is 0 Å². The number of hydrogen-bond acceptors (Lipinski definition) is 4. The number of phenolic OH excluding ortho intramolecular Hbond substituents is 1. The average Bonchev–Trinajstić information content (AvgIpc) is 3.12. The third kappa shape index (κ3) is 2.40. The van der Waals surface area contributed by atoms with Gasteiger partial charge in [0.25, 0.3) is 0 Å².